The lowest BCUT2D eigenvalue weighted by Crippen LogP contribution is -2.34. The number of rotatable bonds is 1. The molecule has 5 nitrogen and oxygen atoms in total. The van der Waals surface area contributed by atoms with Gasteiger partial charge in [-0.25, -0.2) is 9.97 Å². The SMILES string of the molecule is Cc1cc(Br)cc2c1O[C@H](C)c1c(ncnc1N1CCSCC1)N2. The molecule has 1 N–H and O–H groups in total. The standard InChI is InChI=1S/C17H19BrN4OS/c1-10-7-12(18)8-13-15(10)23-11(2)14-16(21-13)19-9-20-17(14)22-3-5-24-6-4-22/h7-9,11H,3-6H2,1-2H3,(H,19,20,21)/t11-/m1/s1. The summed E-state index contributed by atoms with van der Waals surface area (Å²) in [5.74, 6) is 4.97. The molecule has 0 amide bonds. The van der Waals surface area contributed by atoms with E-state index in [9.17, 15) is 0 Å². The highest BCUT2D eigenvalue weighted by Crippen LogP contribution is 2.43. The highest BCUT2D eigenvalue weighted by atomic mass is 79.9. The van der Waals surface area contributed by atoms with Crippen LogP contribution in [0.15, 0.2) is 22.9 Å². The lowest BCUT2D eigenvalue weighted by molar-refractivity contribution is 0.229. The second kappa shape index (κ2) is 6.44. The van der Waals surface area contributed by atoms with Gasteiger partial charge in [-0.3, -0.25) is 0 Å². The Labute approximate surface area is 154 Å². The topological polar surface area (TPSA) is 50.3 Å². The minimum absolute atomic E-state index is 0.112. The lowest BCUT2D eigenvalue weighted by Gasteiger charge is -2.30. The average molecular weight is 407 g/mol. The van der Waals surface area contributed by atoms with Crippen molar-refractivity contribution in [2.75, 3.05) is 34.8 Å². The van der Waals surface area contributed by atoms with Gasteiger partial charge in [-0.1, -0.05) is 15.9 Å². The maximum atomic E-state index is 6.31. The summed E-state index contributed by atoms with van der Waals surface area (Å²) in [5, 5.41) is 3.46. The molecule has 0 aliphatic carbocycles. The van der Waals surface area contributed by atoms with E-state index in [1.54, 1.807) is 6.33 Å². The minimum atomic E-state index is -0.112. The fraction of sp³-hybridized carbons (Fsp3) is 0.412. The van der Waals surface area contributed by atoms with Crippen molar-refractivity contribution < 1.29 is 4.74 Å². The van der Waals surface area contributed by atoms with Gasteiger partial charge in [0, 0.05) is 29.1 Å². The van der Waals surface area contributed by atoms with Crippen molar-refractivity contribution in [2.45, 2.75) is 20.0 Å². The fourth-order valence-corrected chi connectivity index (χ4v) is 4.71. The van der Waals surface area contributed by atoms with E-state index in [-0.39, 0.29) is 6.10 Å². The summed E-state index contributed by atoms with van der Waals surface area (Å²) >= 11 is 5.55. The Bertz CT molecular complexity index is 779. The fourth-order valence-electron chi connectivity index (χ4n) is 3.23. The van der Waals surface area contributed by atoms with Crippen LogP contribution in [-0.2, 0) is 0 Å². The van der Waals surface area contributed by atoms with Crippen LogP contribution in [0, 0.1) is 6.92 Å². The second-order valence-corrected chi connectivity index (χ2v) is 8.18. The Hall–Kier alpha value is -1.47. The molecule has 2 aliphatic heterocycles. The van der Waals surface area contributed by atoms with Gasteiger partial charge in [-0.2, -0.15) is 11.8 Å². The molecule has 1 aromatic heterocycles. The zero-order valence-electron chi connectivity index (χ0n) is 13.7. The number of hydrogen-bond acceptors (Lipinski definition) is 6. The van der Waals surface area contributed by atoms with E-state index in [1.165, 1.54) is 0 Å². The van der Waals surface area contributed by atoms with Crippen molar-refractivity contribution in [2.24, 2.45) is 0 Å². The summed E-state index contributed by atoms with van der Waals surface area (Å²) in [4.78, 5) is 11.4. The Morgan fingerprint density at radius 3 is 2.88 bits per heavy atom. The maximum Gasteiger partial charge on any atom is 0.146 e. The Morgan fingerprint density at radius 1 is 1.29 bits per heavy atom. The van der Waals surface area contributed by atoms with E-state index in [2.05, 4.69) is 56.0 Å². The number of aryl methyl sites for hydroxylation is 1. The molecule has 2 aliphatic rings. The van der Waals surface area contributed by atoms with Crippen molar-refractivity contribution >= 4 is 45.0 Å². The molecule has 3 heterocycles. The first-order chi connectivity index (χ1) is 11.6. The number of fused-ring (bicyclic) bond motifs is 2. The number of ether oxygens (including phenoxy) is 1. The van der Waals surface area contributed by atoms with E-state index in [0.29, 0.717) is 0 Å². The summed E-state index contributed by atoms with van der Waals surface area (Å²) in [5.41, 5.74) is 3.07. The summed E-state index contributed by atoms with van der Waals surface area (Å²) in [6, 6.07) is 4.10. The zero-order chi connectivity index (χ0) is 16.7. The molecular formula is C17H19BrN4OS. The van der Waals surface area contributed by atoms with Crippen LogP contribution in [0.4, 0.5) is 17.3 Å². The summed E-state index contributed by atoms with van der Waals surface area (Å²) in [6.45, 7) is 6.15. The quantitative estimate of drug-likeness (QED) is 0.761. The minimum Gasteiger partial charge on any atom is -0.483 e. The molecule has 1 atom stereocenters. The predicted octanol–water partition coefficient (Wildman–Crippen LogP) is 4.30. The molecule has 7 heteroatoms. The van der Waals surface area contributed by atoms with Crippen molar-refractivity contribution in [1.29, 1.82) is 0 Å². The zero-order valence-corrected chi connectivity index (χ0v) is 16.1. The van der Waals surface area contributed by atoms with Crippen LogP contribution in [0.1, 0.15) is 24.2 Å². The molecule has 126 valence electrons. The number of nitrogens with zero attached hydrogens (tertiary/aromatic N) is 3. The van der Waals surface area contributed by atoms with Gasteiger partial charge in [0.1, 0.15) is 29.8 Å². The van der Waals surface area contributed by atoms with Gasteiger partial charge in [-0.05, 0) is 31.5 Å². The van der Waals surface area contributed by atoms with Crippen molar-refractivity contribution in [3.8, 4) is 5.75 Å². The normalized spacial score (nSPS) is 19.6. The molecule has 24 heavy (non-hydrogen) atoms. The first-order valence-corrected chi connectivity index (χ1v) is 9.99. The maximum absolute atomic E-state index is 6.31. The highest BCUT2D eigenvalue weighted by Gasteiger charge is 2.28. The molecule has 1 aromatic carbocycles. The molecule has 0 saturated carbocycles. The Kier molecular flexibility index (Phi) is 4.30. The van der Waals surface area contributed by atoms with Gasteiger partial charge < -0.3 is 15.0 Å². The van der Waals surface area contributed by atoms with Gasteiger partial charge in [0.15, 0.2) is 0 Å². The van der Waals surface area contributed by atoms with E-state index in [4.69, 9.17) is 4.74 Å². The largest absolute Gasteiger partial charge is 0.483 e. The number of aromatic nitrogens is 2. The lowest BCUT2D eigenvalue weighted by atomic mass is 10.1. The first-order valence-electron chi connectivity index (χ1n) is 8.05. The molecule has 1 fully saturated rings. The van der Waals surface area contributed by atoms with E-state index in [1.807, 2.05) is 17.8 Å². The van der Waals surface area contributed by atoms with E-state index in [0.717, 1.165) is 63.3 Å². The van der Waals surface area contributed by atoms with Crippen LogP contribution in [0.25, 0.3) is 0 Å². The van der Waals surface area contributed by atoms with Crippen molar-refractivity contribution in [1.82, 2.24) is 9.97 Å². The van der Waals surface area contributed by atoms with Crippen LogP contribution >= 0.6 is 27.7 Å². The molecule has 1 saturated heterocycles. The van der Waals surface area contributed by atoms with Crippen LogP contribution in [-0.4, -0.2) is 34.6 Å². The van der Waals surface area contributed by atoms with Gasteiger partial charge in [0.05, 0.1) is 11.3 Å². The summed E-state index contributed by atoms with van der Waals surface area (Å²) in [6.07, 6.45) is 1.53. The third kappa shape index (κ3) is 2.84. The third-order valence-corrected chi connectivity index (χ3v) is 5.77. The first kappa shape index (κ1) is 16.0. The molecule has 4 rings (SSSR count). The third-order valence-electron chi connectivity index (χ3n) is 4.37. The van der Waals surface area contributed by atoms with Gasteiger partial charge in [-0.15, -0.1) is 0 Å². The van der Waals surface area contributed by atoms with E-state index >= 15 is 0 Å². The number of anilines is 3. The van der Waals surface area contributed by atoms with Crippen LogP contribution in [0.3, 0.4) is 0 Å². The van der Waals surface area contributed by atoms with Crippen LogP contribution < -0.4 is 15.0 Å². The molecule has 0 unspecified atom stereocenters. The van der Waals surface area contributed by atoms with Crippen LogP contribution in [0.2, 0.25) is 0 Å². The van der Waals surface area contributed by atoms with Crippen molar-refractivity contribution in [3.63, 3.8) is 0 Å². The number of halogens is 1. The second-order valence-electron chi connectivity index (χ2n) is 6.04. The van der Waals surface area contributed by atoms with Crippen molar-refractivity contribution in [3.05, 3.63) is 34.1 Å². The Balaban J connectivity index is 1.80. The molecule has 0 spiro atoms. The number of benzene rings is 1. The monoisotopic (exact) mass is 406 g/mol. The van der Waals surface area contributed by atoms with Gasteiger partial charge in [0.2, 0.25) is 0 Å². The number of hydrogen-bond donors (Lipinski definition) is 1. The molecule has 0 bridgehead atoms. The number of nitrogens with one attached hydrogen (secondary N) is 1. The molecular weight excluding hydrogens is 388 g/mol. The predicted molar refractivity (Wildman–Crippen MR) is 103 cm³/mol. The molecule has 2 aromatic rings. The average Bonchev–Trinajstić information content (AvgIpc) is 2.72. The van der Waals surface area contributed by atoms with E-state index < -0.39 is 0 Å². The summed E-state index contributed by atoms with van der Waals surface area (Å²) < 4.78 is 7.33. The summed E-state index contributed by atoms with van der Waals surface area (Å²) in [7, 11) is 0. The number of thioether (sulfide) groups is 1. The highest BCUT2D eigenvalue weighted by molar-refractivity contribution is 9.10. The van der Waals surface area contributed by atoms with Gasteiger partial charge in [0.25, 0.3) is 0 Å². The van der Waals surface area contributed by atoms with Crippen LogP contribution in [0.5, 0.6) is 5.75 Å². The van der Waals surface area contributed by atoms with Gasteiger partial charge >= 0.3 is 0 Å². The Morgan fingerprint density at radius 2 is 2.08 bits per heavy atom. The molecule has 0 radical (unpaired) electrons. The smallest absolute Gasteiger partial charge is 0.146 e.